The molecule has 2 atom stereocenters. The van der Waals surface area contributed by atoms with E-state index in [0.717, 1.165) is 18.9 Å². The molecule has 0 bridgehead atoms. The van der Waals surface area contributed by atoms with Crippen LogP contribution in [0.1, 0.15) is 30.1 Å². The van der Waals surface area contributed by atoms with Gasteiger partial charge in [0.15, 0.2) is 11.6 Å². The number of primary amides is 1. The Kier molecular flexibility index (Phi) is 6.14. The topological polar surface area (TPSA) is 164 Å². The van der Waals surface area contributed by atoms with Crippen LogP contribution >= 0.6 is 0 Å². The van der Waals surface area contributed by atoms with Gasteiger partial charge in [-0.2, -0.15) is 0 Å². The number of hydrogen-bond donors (Lipinski definition) is 5. The number of nitrogens with two attached hydrogens (primary N) is 1. The number of nitrogens with zero attached hydrogens (tertiary/aromatic N) is 3. The molecule has 1 aliphatic carbocycles. The smallest absolute Gasteiger partial charge is 0.404 e. The first-order valence-electron chi connectivity index (χ1n) is 9.18. The highest BCUT2D eigenvalue weighted by Crippen LogP contribution is 2.36. The van der Waals surface area contributed by atoms with Crippen LogP contribution in [0, 0.1) is 11.7 Å². The molecule has 2 heterocycles. The molecule has 160 valence electrons. The Morgan fingerprint density at radius 2 is 1.97 bits per heavy atom. The van der Waals surface area contributed by atoms with Gasteiger partial charge in [-0.3, -0.25) is 4.79 Å². The SMILES string of the molecule is COc1ncc(Nc2nc(N[C@@H](C3CC3)[C@H](C)NC(=O)O)c(F)cc2C(N)=O)cn1. The van der Waals surface area contributed by atoms with E-state index in [4.69, 9.17) is 15.6 Å². The molecular weight excluding hydrogens is 397 g/mol. The Hall–Kier alpha value is -3.70. The highest BCUT2D eigenvalue weighted by Gasteiger charge is 2.36. The number of aromatic nitrogens is 3. The van der Waals surface area contributed by atoms with E-state index in [1.165, 1.54) is 19.5 Å². The summed E-state index contributed by atoms with van der Waals surface area (Å²) in [6, 6.07) is 0.263. The van der Waals surface area contributed by atoms with Crippen LogP contribution in [0.15, 0.2) is 18.5 Å². The highest BCUT2D eigenvalue weighted by molar-refractivity contribution is 5.98. The van der Waals surface area contributed by atoms with Crippen molar-refractivity contribution in [2.24, 2.45) is 11.7 Å². The second-order valence-corrected chi connectivity index (χ2v) is 6.91. The van der Waals surface area contributed by atoms with Crippen molar-refractivity contribution in [2.45, 2.75) is 31.8 Å². The van der Waals surface area contributed by atoms with Gasteiger partial charge in [-0.25, -0.2) is 24.1 Å². The Labute approximate surface area is 171 Å². The number of ether oxygens (including phenoxy) is 1. The van der Waals surface area contributed by atoms with Crippen molar-refractivity contribution >= 4 is 29.3 Å². The first kappa shape index (κ1) is 21.0. The molecule has 2 aromatic rings. The zero-order chi connectivity index (χ0) is 21.8. The number of hydrogen-bond acceptors (Lipinski definition) is 8. The molecule has 1 aliphatic rings. The number of carboxylic acid groups (broad SMARTS) is 1. The molecule has 0 aliphatic heterocycles. The summed E-state index contributed by atoms with van der Waals surface area (Å²) >= 11 is 0. The average molecular weight is 419 g/mol. The molecule has 2 amide bonds. The van der Waals surface area contributed by atoms with Crippen LogP contribution in [0.2, 0.25) is 0 Å². The third-order valence-electron chi connectivity index (χ3n) is 4.64. The maximum Gasteiger partial charge on any atom is 0.404 e. The number of rotatable bonds is 9. The summed E-state index contributed by atoms with van der Waals surface area (Å²) in [7, 11) is 1.42. The first-order valence-corrected chi connectivity index (χ1v) is 9.18. The van der Waals surface area contributed by atoms with Crippen LogP contribution in [0.3, 0.4) is 0 Å². The molecule has 12 heteroatoms. The standard InChI is InChI=1S/C18H22FN7O4/c1-8(23-18(28)29)13(9-3-4-9)25-16-12(19)5-11(14(20)27)15(26-16)24-10-6-21-17(30-2)22-7-10/h5-9,13,23H,3-4H2,1-2H3,(H2,20,27)(H,28,29)(H2,24,25,26)/t8-,13+/m0/s1. The van der Waals surface area contributed by atoms with E-state index in [-0.39, 0.29) is 35.2 Å². The van der Waals surface area contributed by atoms with E-state index < -0.39 is 23.9 Å². The summed E-state index contributed by atoms with van der Waals surface area (Å²) in [6.07, 6.45) is 3.41. The first-order chi connectivity index (χ1) is 14.3. The van der Waals surface area contributed by atoms with Gasteiger partial charge in [-0.05, 0) is 31.7 Å². The van der Waals surface area contributed by atoms with E-state index >= 15 is 0 Å². The van der Waals surface area contributed by atoms with Crippen LogP contribution in [0.5, 0.6) is 6.01 Å². The number of methoxy groups -OCH3 is 1. The third-order valence-corrected chi connectivity index (χ3v) is 4.64. The number of anilines is 3. The molecule has 0 unspecified atom stereocenters. The second-order valence-electron chi connectivity index (χ2n) is 6.91. The predicted octanol–water partition coefficient (Wildman–Crippen LogP) is 1.71. The summed E-state index contributed by atoms with van der Waals surface area (Å²) in [5, 5.41) is 17.2. The fourth-order valence-electron chi connectivity index (χ4n) is 3.04. The quantitative estimate of drug-likeness (QED) is 0.407. The van der Waals surface area contributed by atoms with E-state index in [1.54, 1.807) is 6.92 Å². The Bertz CT molecular complexity index is 937. The fourth-order valence-corrected chi connectivity index (χ4v) is 3.04. The lowest BCUT2D eigenvalue weighted by Gasteiger charge is -2.26. The summed E-state index contributed by atoms with van der Waals surface area (Å²) in [5.74, 6) is -1.60. The molecule has 0 spiro atoms. The number of carbonyl (C=O) groups is 2. The summed E-state index contributed by atoms with van der Waals surface area (Å²) in [6.45, 7) is 1.69. The Morgan fingerprint density at radius 1 is 1.30 bits per heavy atom. The van der Waals surface area contributed by atoms with Crippen molar-refractivity contribution < 1.29 is 23.8 Å². The molecule has 0 aromatic carbocycles. The van der Waals surface area contributed by atoms with Gasteiger partial charge in [-0.1, -0.05) is 0 Å². The minimum atomic E-state index is -1.17. The number of amides is 2. The normalized spacial score (nSPS) is 15.0. The largest absolute Gasteiger partial charge is 0.467 e. The molecule has 2 aromatic heterocycles. The van der Waals surface area contributed by atoms with Crippen LogP contribution < -0.4 is 26.4 Å². The molecule has 1 saturated carbocycles. The maximum atomic E-state index is 14.7. The zero-order valence-corrected chi connectivity index (χ0v) is 16.3. The van der Waals surface area contributed by atoms with Crippen LogP contribution in [-0.2, 0) is 0 Å². The molecule has 11 nitrogen and oxygen atoms in total. The number of halogens is 1. The second kappa shape index (κ2) is 8.76. The van der Waals surface area contributed by atoms with E-state index in [0.29, 0.717) is 5.69 Å². The molecule has 0 saturated heterocycles. The average Bonchev–Trinajstić information content (AvgIpc) is 3.52. The lowest BCUT2D eigenvalue weighted by atomic mass is 10.0. The number of pyridine rings is 1. The molecule has 3 rings (SSSR count). The predicted molar refractivity (Wildman–Crippen MR) is 105 cm³/mol. The number of nitrogens with one attached hydrogen (secondary N) is 3. The van der Waals surface area contributed by atoms with Crippen LogP contribution in [0.25, 0.3) is 0 Å². The van der Waals surface area contributed by atoms with Crippen molar-refractivity contribution in [2.75, 3.05) is 17.7 Å². The lowest BCUT2D eigenvalue weighted by molar-refractivity contribution is 0.1000. The van der Waals surface area contributed by atoms with Crippen molar-refractivity contribution in [1.82, 2.24) is 20.3 Å². The Balaban J connectivity index is 1.89. The molecule has 1 fully saturated rings. The minimum Gasteiger partial charge on any atom is -0.467 e. The maximum absolute atomic E-state index is 14.7. The van der Waals surface area contributed by atoms with E-state index in [9.17, 15) is 14.0 Å². The van der Waals surface area contributed by atoms with Gasteiger partial charge >= 0.3 is 12.1 Å². The summed E-state index contributed by atoms with van der Waals surface area (Å²) in [4.78, 5) is 34.8. The van der Waals surface area contributed by atoms with Gasteiger partial charge in [0.2, 0.25) is 0 Å². The van der Waals surface area contributed by atoms with Crippen LogP contribution in [-0.4, -0.2) is 51.3 Å². The lowest BCUT2D eigenvalue weighted by Crippen LogP contribution is -2.45. The van der Waals surface area contributed by atoms with Crippen molar-refractivity contribution in [3.63, 3.8) is 0 Å². The molecule has 6 N–H and O–H groups in total. The molecular formula is C18H22FN7O4. The van der Waals surface area contributed by atoms with Gasteiger partial charge in [0.1, 0.15) is 5.82 Å². The summed E-state index contributed by atoms with van der Waals surface area (Å²) < 4.78 is 19.6. The van der Waals surface area contributed by atoms with E-state index in [2.05, 4.69) is 30.9 Å². The van der Waals surface area contributed by atoms with Gasteiger partial charge in [0.05, 0.1) is 36.8 Å². The zero-order valence-electron chi connectivity index (χ0n) is 16.3. The fraction of sp³-hybridized carbons (Fsp3) is 0.389. The summed E-state index contributed by atoms with van der Waals surface area (Å²) in [5.41, 5.74) is 5.58. The molecule has 30 heavy (non-hydrogen) atoms. The van der Waals surface area contributed by atoms with Gasteiger partial charge < -0.3 is 31.5 Å². The van der Waals surface area contributed by atoms with Crippen molar-refractivity contribution in [3.05, 3.63) is 29.8 Å². The van der Waals surface area contributed by atoms with Crippen LogP contribution in [0.4, 0.5) is 26.5 Å². The van der Waals surface area contributed by atoms with Crippen molar-refractivity contribution in [1.29, 1.82) is 0 Å². The monoisotopic (exact) mass is 419 g/mol. The molecule has 0 radical (unpaired) electrons. The third kappa shape index (κ3) is 5.01. The van der Waals surface area contributed by atoms with Gasteiger partial charge in [0, 0.05) is 6.04 Å². The van der Waals surface area contributed by atoms with Gasteiger partial charge in [-0.15, -0.1) is 0 Å². The highest BCUT2D eigenvalue weighted by atomic mass is 19.1. The number of carbonyl (C=O) groups excluding carboxylic acids is 1. The van der Waals surface area contributed by atoms with Gasteiger partial charge in [0.25, 0.3) is 5.91 Å². The van der Waals surface area contributed by atoms with E-state index in [1.807, 2.05) is 0 Å². The Morgan fingerprint density at radius 3 is 2.50 bits per heavy atom. The van der Waals surface area contributed by atoms with Crippen molar-refractivity contribution in [3.8, 4) is 6.01 Å². The minimum absolute atomic E-state index is 0.00793.